The summed E-state index contributed by atoms with van der Waals surface area (Å²) in [6.45, 7) is 5.74. The van der Waals surface area contributed by atoms with E-state index in [2.05, 4.69) is 17.4 Å². The Morgan fingerprint density at radius 2 is 2.11 bits per heavy atom. The van der Waals surface area contributed by atoms with Gasteiger partial charge < -0.3 is 9.72 Å². The van der Waals surface area contributed by atoms with Gasteiger partial charge in [-0.2, -0.15) is 0 Å². The lowest BCUT2D eigenvalue weighted by molar-refractivity contribution is -0.132. The van der Waals surface area contributed by atoms with Crippen LogP contribution in [0.3, 0.4) is 0 Å². The van der Waals surface area contributed by atoms with Crippen molar-refractivity contribution in [1.82, 2.24) is 10.5 Å². The molecule has 2 aromatic rings. The number of hydrogen-bond acceptors (Lipinski definition) is 4. The number of nitrogens with one attached hydrogen (secondary N) is 2. The number of aromatic nitrogens is 1. The van der Waals surface area contributed by atoms with Gasteiger partial charge in [0.1, 0.15) is 11.7 Å². The molecular weight excluding hydrogens is 356 g/mol. The highest BCUT2D eigenvalue weighted by molar-refractivity contribution is 6.08. The molecule has 1 unspecified atom stereocenters. The Labute approximate surface area is 164 Å². The van der Waals surface area contributed by atoms with Crippen LogP contribution in [0.5, 0.6) is 0 Å². The second-order valence-electron chi connectivity index (χ2n) is 7.19. The Morgan fingerprint density at radius 1 is 1.32 bits per heavy atom. The lowest BCUT2D eigenvalue weighted by Crippen LogP contribution is -2.29. The van der Waals surface area contributed by atoms with Crippen LogP contribution in [0.1, 0.15) is 52.1 Å². The quantitative estimate of drug-likeness (QED) is 0.410. The summed E-state index contributed by atoms with van der Waals surface area (Å²) in [5, 5.41) is 1.03. The number of hydrogen-bond donors (Lipinski definition) is 2. The fraction of sp³-hybridized carbons (Fsp3) is 0.409. The smallest absolute Gasteiger partial charge is 0.279 e. The number of aromatic amines is 1. The van der Waals surface area contributed by atoms with E-state index in [0.29, 0.717) is 12.0 Å². The van der Waals surface area contributed by atoms with Gasteiger partial charge in [-0.1, -0.05) is 38.0 Å². The molecule has 3 rings (SSSR count). The first-order valence-electron chi connectivity index (χ1n) is 9.75. The fourth-order valence-electron chi connectivity index (χ4n) is 3.38. The third-order valence-corrected chi connectivity index (χ3v) is 4.68. The average molecular weight is 382 g/mol. The topological polar surface area (TPSA) is 80.4 Å². The SMILES string of the molecule is CCCCCC1OC(=C=O)C(C(=O)NOC(C)C)=C1c1cc2ccccc2[nH]1. The van der Waals surface area contributed by atoms with E-state index in [1.54, 1.807) is 5.94 Å². The summed E-state index contributed by atoms with van der Waals surface area (Å²) in [6, 6.07) is 9.85. The van der Waals surface area contributed by atoms with Crippen LogP contribution in [-0.4, -0.2) is 29.0 Å². The molecule has 1 aromatic heterocycles. The first-order valence-corrected chi connectivity index (χ1v) is 9.75. The number of para-hydroxylation sites is 1. The van der Waals surface area contributed by atoms with E-state index in [0.717, 1.165) is 35.9 Å². The minimum atomic E-state index is -0.501. The van der Waals surface area contributed by atoms with Gasteiger partial charge in [0.2, 0.25) is 5.76 Å². The normalized spacial score (nSPS) is 16.6. The van der Waals surface area contributed by atoms with E-state index in [1.807, 2.05) is 44.2 Å². The van der Waals surface area contributed by atoms with Crippen LogP contribution in [0, 0.1) is 0 Å². The number of H-pyrrole nitrogens is 1. The summed E-state index contributed by atoms with van der Waals surface area (Å²) in [7, 11) is 0. The summed E-state index contributed by atoms with van der Waals surface area (Å²) in [5.41, 5.74) is 5.00. The molecule has 6 heteroatoms. The number of amides is 1. The number of unbranched alkanes of at least 4 members (excludes halogenated alkanes) is 2. The zero-order valence-electron chi connectivity index (χ0n) is 16.5. The summed E-state index contributed by atoms with van der Waals surface area (Å²) < 4.78 is 5.84. The van der Waals surface area contributed by atoms with Crippen molar-refractivity contribution < 1.29 is 19.2 Å². The van der Waals surface area contributed by atoms with Crippen molar-refractivity contribution in [3.63, 3.8) is 0 Å². The largest absolute Gasteiger partial charge is 0.474 e. The average Bonchev–Trinajstić information content (AvgIpc) is 3.27. The molecule has 1 atom stereocenters. The van der Waals surface area contributed by atoms with Gasteiger partial charge in [0.15, 0.2) is 5.94 Å². The minimum absolute atomic E-state index is 0.0694. The molecule has 0 saturated carbocycles. The molecule has 1 aromatic carbocycles. The van der Waals surface area contributed by atoms with Crippen molar-refractivity contribution in [2.75, 3.05) is 0 Å². The standard InChI is InChI=1S/C22H26N2O4/c1-4-5-6-11-18-20(17-12-15-9-7-8-10-16(15)23-17)21(19(13-25)27-18)22(26)24-28-14(2)3/h7-10,12,14,18,23H,4-6,11H2,1-3H3,(H,24,26). The van der Waals surface area contributed by atoms with Gasteiger partial charge >= 0.3 is 0 Å². The minimum Gasteiger partial charge on any atom is -0.474 e. The number of rotatable bonds is 8. The molecule has 1 amide bonds. The molecule has 0 aliphatic carbocycles. The molecule has 0 spiro atoms. The molecule has 2 N–H and O–H groups in total. The van der Waals surface area contributed by atoms with E-state index in [1.165, 1.54) is 0 Å². The number of carbonyl (C=O) groups is 1. The molecule has 2 heterocycles. The lowest BCUT2D eigenvalue weighted by atomic mass is 9.97. The van der Waals surface area contributed by atoms with Gasteiger partial charge in [0.05, 0.1) is 6.10 Å². The van der Waals surface area contributed by atoms with Gasteiger partial charge in [0.25, 0.3) is 5.91 Å². The number of hydroxylamine groups is 1. The van der Waals surface area contributed by atoms with Crippen LogP contribution in [0.2, 0.25) is 0 Å². The monoisotopic (exact) mass is 382 g/mol. The fourth-order valence-corrected chi connectivity index (χ4v) is 3.38. The number of fused-ring (bicyclic) bond motifs is 1. The number of benzene rings is 1. The van der Waals surface area contributed by atoms with E-state index >= 15 is 0 Å². The summed E-state index contributed by atoms with van der Waals surface area (Å²) in [6.07, 6.45) is 3.21. The van der Waals surface area contributed by atoms with E-state index in [-0.39, 0.29) is 23.5 Å². The van der Waals surface area contributed by atoms with Crippen molar-refractivity contribution in [1.29, 1.82) is 0 Å². The molecule has 0 fully saturated rings. The molecule has 0 bridgehead atoms. The van der Waals surface area contributed by atoms with Crippen molar-refractivity contribution in [3.05, 3.63) is 47.4 Å². The highest BCUT2D eigenvalue weighted by Crippen LogP contribution is 2.39. The van der Waals surface area contributed by atoms with Crippen LogP contribution >= 0.6 is 0 Å². The van der Waals surface area contributed by atoms with Crippen molar-refractivity contribution in [3.8, 4) is 0 Å². The van der Waals surface area contributed by atoms with E-state index < -0.39 is 5.91 Å². The first kappa shape index (κ1) is 19.9. The first-order chi connectivity index (χ1) is 13.5. The van der Waals surface area contributed by atoms with Gasteiger partial charge in [-0.25, -0.2) is 10.3 Å². The molecule has 1 aliphatic heterocycles. The third kappa shape index (κ3) is 4.19. The van der Waals surface area contributed by atoms with Crippen molar-refractivity contribution >= 4 is 28.3 Å². The van der Waals surface area contributed by atoms with Crippen molar-refractivity contribution in [2.45, 2.75) is 58.7 Å². The van der Waals surface area contributed by atoms with Crippen molar-refractivity contribution in [2.24, 2.45) is 0 Å². The Bertz CT molecular complexity index is 902. The van der Waals surface area contributed by atoms with Crippen LogP contribution in [-0.2, 0) is 19.2 Å². The van der Waals surface area contributed by atoms with Gasteiger partial charge in [-0.15, -0.1) is 0 Å². The molecule has 1 aliphatic rings. The number of ether oxygens (including phenoxy) is 1. The predicted octanol–water partition coefficient (Wildman–Crippen LogP) is 4.07. The Hall–Kier alpha value is -2.82. The highest BCUT2D eigenvalue weighted by atomic mass is 16.7. The number of carbonyl (C=O) groups excluding carboxylic acids is 2. The Balaban J connectivity index is 2.06. The van der Waals surface area contributed by atoms with Gasteiger partial charge in [-0.3, -0.25) is 9.63 Å². The second kappa shape index (κ2) is 8.91. The molecule has 0 radical (unpaired) electrons. The lowest BCUT2D eigenvalue weighted by Gasteiger charge is -2.14. The van der Waals surface area contributed by atoms with E-state index in [9.17, 15) is 9.59 Å². The van der Waals surface area contributed by atoms with Crippen LogP contribution in [0.15, 0.2) is 41.7 Å². The molecule has 6 nitrogen and oxygen atoms in total. The maximum atomic E-state index is 12.8. The predicted molar refractivity (Wildman–Crippen MR) is 108 cm³/mol. The Kier molecular flexibility index (Phi) is 6.34. The zero-order valence-corrected chi connectivity index (χ0v) is 16.5. The van der Waals surface area contributed by atoms with Crippen LogP contribution < -0.4 is 5.48 Å². The van der Waals surface area contributed by atoms with Gasteiger partial charge in [0, 0.05) is 16.8 Å². The summed E-state index contributed by atoms with van der Waals surface area (Å²) >= 11 is 0. The van der Waals surface area contributed by atoms with Gasteiger partial charge in [-0.05, 0) is 44.2 Å². The maximum Gasteiger partial charge on any atom is 0.279 e. The maximum absolute atomic E-state index is 12.8. The molecule has 148 valence electrons. The molecular formula is C22H26N2O4. The van der Waals surface area contributed by atoms with Crippen LogP contribution in [0.25, 0.3) is 16.5 Å². The third-order valence-electron chi connectivity index (χ3n) is 4.68. The molecule has 0 saturated heterocycles. The Morgan fingerprint density at radius 3 is 2.79 bits per heavy atom. The molecule has 28 heavy (non-hydrogen) atoms. The second-order valence-corrected chi connectivity index (χ2v) is 7.19. The summed E-state index contributed by atoms with van der Waals surface area (Å²) in [4.78, 5) is 32.9. The van der Waals surface area contributed by atoms with Crippen LogP contribution in [0.4, 0.5) is 0 Å². The van der Waals surface area contributed by atoms with E-state index in [4.69, 9.17) is 9.57 Å². The summed E-state index contributed by atoms with van der Waals surface area (Å²) in [5.74, 6) is 1.22. The highest BCUT2D eigenvalue weighted by Gasteiger charge is 2.37. The zero-order chi connectivity index (χ0) is 20.1.